The molecule has 0 unspecified atom stereocenters. The van der Waals surface area contributed by atoms with E-state index < -0.39 is 0 Å². The molecule has 0 aliphatic carbocycles. The first-order chi connectivity index (χ1) is 7.15. The van der Waals surface area contributed by atoms with Crippen molar-refractivity contribution in [1.29, 1.82) is 0 Å². The third-order valence-electron chi connectivity index (χ3n) is 2.09. The summed E-state index contributed by atoms with van der Waals surface area (Å²) in [5.41, 5.74) is 6.25. The van der Waals surface area contributed by atoms with Gasteiger partial charge in [0.2, 0.25) is 0 Å². The number of hydrogen-bond donors (Lipinski definition) is 2. The van der Waals surface area contributed by atoms with Crippen LogP contribution in [0.3, 0.4) is 0 Å². The third kappa shape index (κ3) is 3.32. The van der Waals surface area contributed by atoms with E-state index in [1.807, 2.05) is 0 Å². The van der Waals surface area contributed by atoms with Gasteiger partial charge in [-0.2, -0.15) is 0 Å². The summed E-state index contributed by atoms with van der Waals surface area (Å²) in [6.07, 6.45) is 0.742. The van der Waals surface area contributed by atoms with Crippen LogP contribution in [0.4, 0.5) is 4.39 Å². The van der Waals surface area contributed by atoms with Gasteiger partial charge < -0.3 is 11.1 Å². The summed E-state index contributed by atoms with van der Waals surface area (Å²) in [7, 11) is 0. The van der Waals surface area contributed by atoms with Gasteiger partial charge in [0.05, 0.1) is 0 Å². The second kappa shape index (κ2) is 5.46. The number of rotatable bonds is 4. The van der Waals surface area contributed by atoms with Gasteiger partial charge in [-0.15, -0.1) is 0 Å². The van der Waals surface area contributed by atoms with Crippen LogP contribution < -0.4 is 11.1 Å². The zero-order valence-corrected chi connectivity index (χ0v) is 8.72. The van der Waals surface area contributed by atoms with Crippen LogP contribution in [0, 0.1) is 12.7 Å². The van der Waals surface area contributed by atoms with Crippen LogP contribution >= 0.6 is 0 Å². The van der Waals surface area contributed by atoms with Gasteiger partial charge in [-0.25, -0.2) is 4.39 Å². The molecule has 0 saturated carbocycles. The Kier molecular flexibility index (Phi) is 4.24. The average molecular weight is 210 g/mol. The molecule has 1 amide bonds. The summed E-state index contributed by atoms with van der Waals surface area (Å²) >= 11 is 0. The maximum atomic E-state index is 12.9. The number of hydrogen-bond acceptors (Lipinski definition) is 2. The zero-order chi connectivity index (χ0) is 11.3. The molecule has 1 rings (SSSR count). The van der Waals surface area contributed by atoms with Crippen molar-refractivity contribution >= 4 is 5.91 Å². The summed E-state index contributed by atoms with van der Waals surface area (Å²) in [5, 5.41) is 2.71. The molecular formula is C11H15FN2O. The number of nitrogens with one attached hydrogen (secondary N) is 1. The Morgan fingerprint density at radius 3 is 2.87 bits per heavy atom. The molecule has 0 atom stereocenters. The first-order valence-corrected chi connectivity index (χ1v) is 4.89. The summed E-state index contributed by atoms with van der Waals surface area (Å²) in [6, 6.07) is 4.31. The van der Waals surface area contributed by atoms with Crippen LogP contribution in [0.5, 0.6) is 0 Å². The van der Waals surface area contributed by atoms with Crippen molar-refractivity contribution < 1.29 is 9.18 Å². The Bertz CT molecular complexity index is 352. The lowest BCUT2D eigenvalue weighted by atomic mass is 10.1. The highest BCUT2D eigenvalue weighted by atomic mass is 19.1. The lowest BCUT2D eigenvalue weighted by Gasteiger charge is -2.05. The molecule has 1 aromatic rings. The second-order valence-corrected chi connectivity index (χ2v) is 3.36. The van der Waals surface area contributed by atoms with E-state index in [0.29, 0.717) is 24.2 Å². The zero-order valence-electron chi connectivity index (χ0n) is 8.72. The van der Waals surface area contributed by atoms with Crippen molar-refractivity contribution in [3.8, 4) is 0 Å². The van der Waals surface area contributed by atoms with Gasteiger partial charge in [0.1, 0.15) is 5.82 Å². The highest BCUT2D eigenvalue weighted by Crippen LogP contribution is 2.08. The second-order valence-electron chi connectivity index (χ2n) is 3.36. The summed E-state index contributed by atoms with van der Waals surface area (Å²) in [6.45, 7) is 2.72. The molecule has 0 aliphatic rings. The SMILES string of the molecule is Cc1cc(C(=O)NCCCN)ccc1F. The van der Waals surface area contributed by atoms with E-state index >= 15 is 0 Å². The largest absolute Gasteiger partial charge is 0.352 e. The molecule has 0 aromatic heterocycles. The molecule has 0 saturated heterocycles. The molecule has 0 spiro atoms. The standard InChI is InChI=1S/C11H15FN2O/c1-8-7-9(3-4-10(8)12)11(15)14-6-2-5-13/h3-4,7H,2,5-6,13H2,1H3,(H,14,15). The van der Waals surface area contributed by atoms with Gasteiger partial charge in [-0.3, -0.25) is 4.79 Å². The molecule has 0 aliphatic heterocycles. The van der Waals surface area contributed by atoms with Crippen molar-refractivity contribution in [3.05, 3.63) is 35.1 Å². The fourth-order valence-corrected chi connectivity index (χ4v) is 1.19. The fourth-order valence-electron chi connectivity index (χ4n) is 1.19. The van der Waals surface area contributed by atoms with Crippen molar-refractivity contribution in [2.24, 2.45) is 5.73 Å². The van der Waals surface area contributed by atoms with Crippen molar-refractivity contribution in [3.63, 3.8) is 0 Å². The number of halogens is 1. The van der Waals surface area contributed by atoms with Crippen LogP contribution in [0.1, 0.15) is 22.3 Å². The Balaban J connectivity index is 2.62. The van der Waals surface area contributed by atoms with Crippen LogP contribution in [0.25, 0.3) is 0 Å². The molecule has 0 heterocycles. The minimum absolute atomic E-state index is 0.188. The van der Waals surface area contributed by atoms with E-state index in [2.05, 4.69) is 5.32 Å². The lowest BCUT2D eigenvalue weighted by molar-refractivity contribution is 0.0953. The molecule has 3 N–H and O–H groups in total. The maximum Gasteiger partial charge on any atom is 0.251 e. The molecule has 3 nitrogen and oxygen atoms in total. The van der Waals surface area contributed by atoms with Crippen LogP contribution in [0.2, 0.25) is 0 Å². The molecule has 0 radical (unpaired) electrons. The molecule has 15 heavy (non-hydrogen) atoms. The molecule has 0 fully saturated rings. The molecule has 4 heteroatoms. The normalized spacial score (nSPS) is 10.1. The van der Waals surface area contributed by atoms with E-state index in [1.54, 1.807) is 6.92 Å². The predicted molar refractivity (Wildman–Crippen MR) is 57.1 cm³/mol. The van der Waals surface area contributed by atoms with Crippen molar-refractivity contribution in [1.82, 2.24) is 5.32 Å². The highest BCUT2D eigenvalue weighted by Gasteiger charge is 2.06. The minimum atomic E-state index is -0.298. The van der Waals surface area contributed by atoms with E-state index in [4.69, 9.17) is 5.73 Å². The van der Waals surface area contributed by atoms with Gasteiger partial charge in [-0.05, 0) is 43.7 Å². The molecule has 82 valence electrons. The first-order valence-electron chi connectivity index (χ1n) is 4.89. The smallest absolute Gasteiger partial charge is 0.251 e. The third-order valence-corrected chi connectivity index (χ3v) is 2.09. The summed E-state index contributed by atoms with van der Waals surface area (Å²) in [5.74, 6) is -0.486. The number of aryl methyl sites for hydroxylation is 1. The Hall–Kier alpha value is -1.42. The highest BCUT2D eigenvalue weighted by molar-refractivity contribution is 5.94. The monoisotopic (exact) mass is 210 g/mol. The molecular weight excluding hydrogens is 195 g/mol. The number of amides is 1. The van der Waals surface area contributed by atoms with E-state index in [-0.39, 0.29) is 11.7 Å². The van der Waals surface area contributed by atoms with Crippen LogP contribution in [0.15, 0.2) is 18.2 Å². The van der Waals surface area contributed by atoms with Gasteiger partial charge in [-0.1, -0.05) is 0 Å². The Labute approximate surface area is 88.5 Å². The molecule has 0 bridgehead atoms. The summed E-state index contributed by atoms with van der Waals surface area (Å²) in [4.78, 5) is 11.5. The van der Waals surface area contributed by atoms with Gasteiger partial charge >= 0.3 is 0 Å². The maximum absolute atomic E-state index is 12.9. The van der Waals surface area contributed by atoms with Crippen molar-refractivity contribution in [2.75, 3.05) is 13.1 Å². The fraction of sp³-hybridized carbons (Fsp3) is 0.364. The van der Waals surface area contributed by atoms with Crippen LogP contribution in [-0.4, -0.2) is 19.0 Å². The quantitative estimate of drug-likeness (QED) is 0.734. The van der Waals surface area contributed by atoms with Crippen molar-refractivity contribution in [2.45, 2.75) is 13.3 Å². The number of benzene rings is 1. The number of carbonyl (C=O) groups is 1. The van der Waals surface area contributed by atoms with E-state index in [1.165, 1.54) is 18.2 Å². The summed E-state index contributed by atoms with van der Waals surface area (Å²) < 4.78 is 12.9. The molecule has 1 aromatic carbocycles. The topological polar surface area (TPSA) is 55.1 Å². The van der Waals surface area contributed by atoms with Crippen LogP contribution in [-0.2, 0) is 0 Å². The Morgan fingerprint density at radius 1 is 1.53 bits per heavy atom. The minimum Gasteiger partial charge on any atom is -0.352 e. The average Bonchev–Trinajstić information content (AvgIpc) is 2.22. The number of nitrogens with two attached hydrogens (primary N) is 1. The van der Waals surface area contributed by atoms with Gasteiger partial charge in [0.25, 0.3) is 5.91 Å². The number of carbonyl (C=O) groups excluding carboxylic acids is 1. The first kappa shape index (κ1) is 11.7. The van der Waals surface area contributed by atoms with E-state index in [0.717, 1.165) is 6.42 Å². The lowest BCUT2D eigenvalue weighted by Crippen LogP contribution is -2.26. The van der Waals surface area contributed by atoms with Gasteiger partial charge in [0, 0.05) is 12.1 Å². The van der Waals surface area contributed by atoms with E-state index in [9.17, 15) is 9.18 Å². The Morgan fingerprint density at radius 2 is 2.27 bits per heavy atom. The predicted octanol–water partition coefficient (Wildman–Crippen LogP) is 1.21. The van der Waals surface area contributed by atoms with Gasteiger partial charge in [0.15, 0.2) is 0 Å².